The summed E-state index contributed by atoms with van der Waals surface area (Å²) in [6, 6.07) is 3.54. The zero-order valence-electron chi connectivity index (χ0n) is 16.5. The Hall–Kier alpha value is -3.03. The van der Waals surface area contributed by atoms with Gasteiger partial charge in [0, 0.05) is 25.9 Å². The van der Waals surface area contributed by atoms with E-state index < -0.39 is 0 Å². The number of pyridine rings is 1. The fourth-order valence-electron chi connectivity index (χ4n) is 4.59. The molecule has 3 aromatic heterocycles. The highest BCUT2D eigenvalue weighted by molar-refractivity contribution is 5.77. The van der Waals surface area contributed by atoms with Crippen LogP contribution < -0.4 is 16.0 Å². The quantitative estimate of drug-likeness (QED) is 0.670. The smallest absolute Gasteiger partial charge is 0.267 e. The number of hydrogen-bond donors (Lipinski definition) is 0. The van der Waals surface area contributed by atoms with Gasteiger partial charge in [-0.2, -0.15) is 5.10 Å². The van der Waals surface area contributed by atoms with Gasteiger partial charge >= 0.3 is 0 Å². The largest absolute Gasteiger partial charge is 0.337 e. The molecular weight excluding hydrogens is 368 g/mol. The average Bonchev–Trinajstić information content (AvgIpc) is 3.19. The van der Waals surface area contributed by atoms with Crippen LogP contribution in [-0.2, 0) is 26.4 Å². The SMILES string of the molecule is Cn1c(N2CCCC2Cn2nc3c(cc2=O)CCCC3)nc2cnccc2c1=O. The Morgan fingerprint density at radius 1 is 1.17 bits per heavy atom. The molecule has 2 aliphatic rings. The highest BCUT2D eigenvalue weighted by atomic mass is 16.1. The van der Waals surface area contributed by atoms with Gasteiger partial charge < -0.3 is 4.90 Å². The molecule has 0 amide bonds. The average molecular weight is 392 g/mol. The van der Waals surface area contributed by atoms with Crippen molar-refractivity contribution in [2.45, 2.75) is 51.1 Å². The van der Waals surface area contributed by atoms with Gasteiger partial charge in [-0.25, -0.2) is 9.67 Å². The summed E-state index contributed by atoms with van der Waals surface area (Å²) < 4.78 is 3.21. The third-order valence-corrected chi connectivity index (χ3v) is 6.15. The number of aryl methyl sites for hydroxylation is 2. The summed E-state index contributed by atoms with van der Waals surface area (Å²) in [5, 5.41) is 5.24. The van der Waals surface area contributed by atoms with E-state index in [4.69, 9.17) is 4.98 Å². The van der Waals surface area contributed by atoms with Crippen molar-refractivity contribution in [1.82, 2.24) is 24.3 Å². The summed E-state index contributed by atoms with van der Waals surface area (Å²) in [4.78, 5) is 36.4. The van der Waals surface area contributed by atoms with Crippen LogP contribution in [0.1, 0.15) is 36.9 Å². The Balaban J connectivity index is 1.50. The first-order valence-electron chi connectivity index (χ1n) is 10.3. The highest BCUT2D eigenvalue weighted by Crippen LogP contribution is 2.25. The zero-order chi connectivity index (χ0) is 20.0. The zero-order valence-corrected chi connectivity index (χ0v) is 16.5. The maximum atomic E-state index is 12.8. The van der Waals surface area contributed by atoms with E-state index >= 15 is 0 Å². The molecule has 1 atom stereocenters. The van der Waals surface area contributed by atoms with Crippen molar-refractivity contribution in [3.05, 3.63) is 56.5 Å². The lowest BCUT2D eigenvalue weighted by atomic mass is 9.97. The number of fused-ring (bicyclic) bond motifs is 2. The first kappa shape index (κ1) is 18.0. The van der Waals surface area contributed by atoms with Gasteiger partial charge in [0.05, 0.1) is 35.4 Å². The summed E-state index contributed by atoms with van der Waals surface area (Å²) in [7, 11) is 1.75. The summed E-state index contributed by atoms with van der Waals surface area (Å²) in [6.45, 7) is 1.31. The topological polar surface area (TPSA) is 85.9 Å². The molecule has 1 aliphatic heterocycles. The first-order valence-corrected chi connectivity index (χ1v) is 10.3. The van der Waals surface area contributed by atoms with Crippen LogP contribution in [0.4, 0.5) is 5.95 Å². The molecule has 8 heteroatoms. The number of nitrogens with zero attached hydrogens (tertiary/aromatic N) is 6. The van der Waals surface area contributed by atoms with E-state index in [2.05, 4.69) is 15.0 Å². The maximum Gasteiger partial charge on any atom is 0.267 e. The second-order valence-electron chi connectivity index (χ2n) is 8.00. The van der Waals surface area contributed by atoms with Crippen LogP contribution in [0.15, 0.2) is 34.1 Å². The Morgan fingerprint density at radius 3 is 2.93 bits per heavy atom. The molecule has 0 radical (unpaired) electrons. The van der Waals surface area contributed by atoms with Crippen LogP contribution in [0.3, 0.4) is 0 Å². The van der Waals surface area contributed by atoms with Crippen molar-refractivity contribution in [1.29, 1.82) is 0 Å². The van der Waals surface area contributed by atoms with Gasteiger partial charge in [0.1, 0.15) is 0 Å². The summed E-state index contributed by atoms with van der Waals surface area (Å²) >= 11 is 0. The van der Waals surface area contributed by atoms with E-state index in [1.807, 2.05) is 0 Å². The molecule has 8 nitrogen and oxygen atoms in total. The molecule has 0 N–H and O–H groups in total. The molecule has 4 heterocycles. The second-order valence-corrected chi connectivity index (χ2v) is 8.00. The summed E-state index contributed by atoms with van der Waals surface area (Å²) in [5.41, 5.74) is 2.64. The molecular formula is C21H24N6O2. The minimum absolute atomic E-state index is 0.0398. The lowest BCUT2D eigenvalue weighted by Gasteiger charge is -2.27. The molecule has 150 valence electrons. The Morgan fingerprint density at radius 2 is 2.03 bits per heavy atom. The van der Waals surface area contributed by atoms with Crippen molar-refractivity contribution < 1.29 is 0 Å². The van der Waals surface area contributed by atoms with Gasteiger partial charge in [0.2, 0.25) is 5.95 Å². The van der Waals surface area contributed by atoms with Gasteiger partial charge in [-0.05, 0) is 50.2 Å². The van der Waals surface area contributed by atoms with E-state index in [-0.39, 0.29) is 17.2 Å². The maximum absolute atomic E-state index is 12.8. The summed E-state index contributed by atoms with van der Waals surface area (Å²) in [5.74, 6) is 0.629. The predicted molar refractivity (Wildman–Crippen MR) is 110 cm³/mol. The highest BCUT2D eigenvalue weighted by Gasteiger charge is 2.29. The molecule has 0 saturated carbocycles. The Bertz CT molecular complexity index is 1200. The minimum Gasteiger partial charge on any atom is -0.337 e. The van der Waals surface area contributed by atoms with E-state index in [9.17, 15) is 9.59 Å². The molecule has 29 heavy (non-hydrogen) atoms. The van der Waals surface area contributed by atoms with Crippen molar-refractivity contribution in [3.8, 4) is 0 Å². The molecule has 1 aliphatic carbocycles. The van der Waals surface area contributed by atoms with Gasteiger partial charge in [0.15, 0.2) is 0 Å². The molecule has 0 bridgehead atoms. The van der Waals surface area contributed by atoms with Gasteiger partial charge in [0.25, 0.3) is 11.1 Å². The van der Waals surface area contributed by atoms with Gasteiger partial charge in [-0.1, -0.05) is 0 Å². The normalized spacial score (nSPS) is 18.9. The first-order chi connectivity index (χ1) is 14.1. The standard InChI is InChI=1S/C21H24N6O2/c1-25-20(29)16-8-9-22-12-18(16)23-21(25)26-10-4-6-15(26)13-27-19(28)11-14-5-2-3-7-17(14)24-27/h8-9,11-12,15H,2-7,10,13H2,1H3. The number of hydrogen-bond acceptors (Lipinski definition) is 6. The van der Waals surface area contributed by atoms with E-state index in [0.29, 0.717) is 23.4 Å². The lowest BCUT2D eigenvalue weighted by molar-refractivity contribution is 0.468. The van der Waals surface area contributed by atoms with Crippen LogP contribution in [0.25, 0.3) is 10.9 Å². The molecule has 1 unspecified atom stereocenters. The van der Waals surface area contributed by atoms with Crippen LogP contribution >= 0.6 is 0 Å². The lowest BCUT2D eigenvalue weighted by Crippen LogP contribution is -2.40. The monoisotopic (exact) mass is 392 g/mol. The minimum atomic E-state index is -0.0814. The second kappa shape index (κ2) is 7.09. The Kier molecular flexibility index (Phi) is 4.41. The third kappa shape index (κ3) is 3.12. The molecule has 1 saturated heterocycles. The van der Waals surface area contributed by atoms with E-state index in [0.717, 1.165) is 56.3 Å². The van der Waals surface area contributed by atoms with Crippen molar-refractivity contribution in [3.63, 3.8) is 0 Å². The number of anilines is 1. The van der Waals surface area contributed by atoms with Gasteiger partial charge in [-0.15, -0.1) is 0 Å². The molecule has 3 aromatic rings. The third-order valence-electron chi connectivity index (χ3n) is 6.15. The molecule has 1 fully saturated rings. The van der Waals surface area contributed by atoms with Crippen LogP contribution in [-0.4, -0.2) is 36.9 Å². The Labute approximate surface area is 167 Å². The van der Waals surface area contributed by atoms with Crippen molar-refractivity contribution in [2.24, 2.45) is 7.05 Å². The van der Waals surface area contributed by atoms with Crippen LogP contribution in [0, 0.1) is 0 Å². The van der Waals surface area contributed by atoms with E-state index in [1.54, 1.807) is 40.8 Å². The van der Waals surface area contributed by atoms with Gasteiger partial charge in [-0.3, -0.25) is 19.1 Å². The van der Waals surface area contributed by atoms with Crippen molar-refractivity contribution >= 4 is 16.9 Å². The molecule has 0 spiro atoms. The van der Waals surface area contributed by atoms with Crippen molar-refractivity contribution in [2.75, 3.05) is 11.4 Å². The summed E-state index contributed by atoms with van der Waals surface area (Å²) in [6.07, 6.45) is 9.31. The predicted octanol–water partition coefficient (Wildman–Crippen LogP) is 1.43. The van der Waals surface area contributed by atoms with E-state index in [1.165, 1.54) is 0 Å². The molecule has 5 rings (SSSR count). The fraction of sp³-hybridized carbons (Fsp3) is 0.476. The van der Waals surface area contributed by atoms with Crippen LogP contribution in [0.2, 0.25) is 0 Å². The number of rotatable bonds is 3. The molecule has 0 aromatic carbocycles. The fourth-order valence-corrected chi connectivity index (χ4v) is 4.59. The number of aromatic nitrogens is 5. The van der Waals surface area contributed by atoms with Crippen LogP contribution in [0.5, 0.6) is 0 Å².